The number of primary sulfonamides is 1. The third-order valence-electron chi connectivity index (χ3n) is 4.21. The first-order chi connectivity index (χ1) is 10.7. The molecule has 2 unspecified atom stereocenters. The van der Waals surface area contributed by atoms with Crippen molar-refractivity contribution in [3.63, 3.8) is 0 Å². The molecule has 1 aromatic carbocycles. The second-order valence-corrected chi connectivity index (χ2v) is 7.61. The van der Waals surface area contributed by atoms with Gasteiger partial charge in [0.05, 0.1) is 11.8 Å². The van der Waals surface area contributed by atoms with Gasteiger partial charge in [-0.2, -0.15) is 0 Å². The predicted octanol–water partition coefficient (Wildman–Crippen LogP) is 1.67. The molecule has 23 heavy (non-hydrogen) atoms. The lowest BCUT2D eigenvalue weighted by atomic mass is 10.1. The number of carbonyl (C=O) groups excluding carboxylic acids is 1. The van der Waals surface area contributed by atoms with Crippen LogP contribution in [0.2, 0.25) is 0 Å². The molecule has 1 aliphatic heterocycles. The molecule has 1 saturated heterocycles. The van der Waals surface area contributed by atoms with Gasteiger partial charge in [-0.25, -0.2) is 13.6 Å². The van der Waals surface area contributed by atoms with E-state index in [0.29, 0.717) is 30.6 Å². The molecule has 1 heterocycles. The third kappa shape index (κ3) is 4.10. The fraction of sp³-hybridized carbons (Fsp3) is 0.562. The fourth-order valence-corrected chi connectivity index (χ4v) is 3.92. The summed E-state index contributed by atoms with van der Waals surface area (Å²) in [6, 6.07) is 4.74. The van der Waals surface area contributed by atoms with E-state index >= 15 is 0 Å². The number of aliphatic hydroxyl groups excluding tert-OH is 1. The van der Waals surface area contributed by atoms with E-state index in [2.05, 4.69) is 0 Å². The van der Waals surface area contributed by atoms with E-state index in [1.54, 1.807) is 26.0 Å². The zero-order valence-electron chi connectivity index (χ0n) is 13.5. The lowest BCUT2D eigenvalue weighted by molar-refractivity contribution is 0.0988. The van der Waals surface area contributed by atoms with Crippen molar-refractivity contribution in [3.8, 4) is 0 Å². The van der Waals surface area contributed by atoms with Gasteiger partial charge in [0.1, 0.15) is 4.90 Å². The lowest BCUT2D eigenvalue weighted by Crippen LogP contribution is -2.33. The first kappa shape index (κ1) is 17.9. The van der Waals surface area contributed by atoms with Gasteiger partial charge in [0.25, 0.3) is 0 Å². The number of rotatable bonds is 6. The number of nitrogens with zero attached hydrogens (tertiary/aromatic N) is 1. The van der Waals surface area contributed by atoms with Crippen molar-refractivity contribution in [2.45, 2.75) is 56.6 Å². The first-order valence-corrected chi connectivity index (χ1v) is 9.43. The summed E-state index contributed by atoms with van der Waals surface area (Å²) in [6.45, 7) is 4.16. The van der Waals surface area contributed by atoms with Gasteiger partial charge in [0, 0.05) is 24.6 Å². The van der Waals surface area contributed by atoms with Gasteiger partial charge in [-0.05, 0) is 44.4 Å². The molecule has 3 N–H and O–H groups in total. The highest BCUT2D eigenvalue weighted by Crippen LogP contribution is 2.33. The smallest absolute Gasteiger partial charge is 0.240 e. The maximum absolute atomic E-state index is 12.0. The van der Waals surface area contributed by atoms with Crippen LogP contribution in [0, 0.1) is 0 Å². The minimum atomic E-state index is -3.94. The van der Waals surface area contributed by atoms with Gasteiger partial charge in [-0.15, -0.1) is 0 Å². The summed E-state index contributed by atoms with van der Waals surface area (Å²) in [5, 5.41) is 15.0. The van der Waals surface area contributed by atoms with Gasteiger partial charge >= 0.3 is 0 Å². The third-order valence-corrected chi connectivity index (χ3v) is 5.15. The van der Waals surface area contributed by atoms with E-state index in [4.69, 9.17) is 5.14 Å². The summed E-state index contributed by atoms with van der Waals surface area (Å²) in [5.74, 6) is -0.122. The fourth-order valence-electron chi connectivity index (χ4n) is 3.15. The van der Waals surface area contributed by atoms with Crippen LogP contribution in [0.1, 0.15) is 49.9 Å². The van der Waals surface area contributed by atoms with Gasteiger partial charge in [-0.3, -0.25) is 4.79 Å². The van der Waals surface area contributed by atoms with Crippen LogP contribution in [0.25, 0.3) is 0 Å². The van der Waals surface area contributed by atoms with E-state index in [-0.39, 0.29) is 16.7 Å². The minimum Gasteiger partial charge on any atom is -0.393 e. The SMILES string of the molecule is CCC(=O)c1ccc(N2CCCC2CC(C)O)c(S(N)(=O)=O)c1. The molecule has 0 aliphatic carbocycles. The summed E-state index contributed by atoms with van der Waals surface area (Å²) >= 11 is 0. The minimum absolute atomic E-state index is 0.0192. The maximum atomic E-state index is 12.0. The normalized spacial score (nSPS) is 19.8. The zero-order chi connectivity index (χ0) is 17.2. The monoisotopic (exact) mass is 340 g/mol. The molecule has 0 radical (unpaired) electrons. The largest absolute Gasteiger partial charge is 0.393 e. The van der Waals surface area contributed by atoms with Crippen LogP contribution in [0.15, 0.2) is 23.1 Å². The molecule has 2 atom stereocenters. The van der Waals surface area contributed by atoms with Crippen molar-refractivity contribution in [1.82, 2.24) is 0 Å². The molecule has 0 saturated carbocycles. The van der Waals surface area contributed by atoms with Crippen molar-refractivity contribution in [3.05, 3.63) is 23.8 Å². The molecule has 0 spiro atoms. The van der Waals surface area contributed by atoms with Gasteiger partial charge in [-0.1, -0.05) is 6.92 Å². The number of anilines is 1. The molecule has 2 rings (SSSR count). The Hall–Kier alpha value is -1.44. The number of hydrogen-bond donors (Lipinski definition) is 2. The predicted molar refractivity (Wildman–Crippen MR) is 89.1 cm³/mol. The van der Waals surface area contributed by atoms with Gasteiger partial charge in [0.15, 0.2) is 5.78 Å². The maximum Gasteiger partial charge on any atom is 0.240 e. The molecule has 1 aromatic rings. The first-order valence-electron chi connectivity index (χ1n) is 7.88. The van der Waals surface area contributed by atoms with E-state index in [9.17, 15) is 18.3 Å². The summed E-state index contributed by atoms with van der Waals surface area (Å²) < 4.78 is 24.0. The van der Waals surface area contributed by atoms with Gasteiger partial charge in [0.2, 0.25) is 10.0 Å². The molecule has 0 aromatic heterocycles. The molecule has 7 heteroatoms. The van der Waals surface area contributed by atoms with Crippen molar-refractivity contribution >= 4 is 21.5 Å². The Morgan fingerprint density at radius 2 is 2.17 bits per heavy atom. The number of sulfonamides is 1. The van der Waals surface area contributed by atoms with Crippen molar-refractivity contribution in [1.29, 1.82) is 0 Å². The molecule has 128 valence electrons. The Balaban J connectivity index is 2.47. The number of hydrogen-bond acceptors (Lipinski definition) is 5. The van der Waals surface area contributed by atoms with E-state index < -0.39 is 16.1 Å². The summed E-state index contributed by atoms with van der Waals surface area (Å²) in [5.41, 5.74) is 0.870. The van der Waals surface area contributed by atoms with E-state index in [1.807, 2.05) is 4.90 Å². The topological polar surface area (TPSA) is 101 Å². The number of Topliss-reactive ketones (excluding diaryl/α,β-unsaturated/α-hetero) is 1. The number of aliphatic hydroxyl groups is 1. The van der Waals surface area contributed by atoms with Crippen LogP contribution in [0.3, 0.4) is 0 Å². The average molecular weight is 340 g/mol. The van der Waals surface area contributed by atoms with Crippen molar-refractivity contribution in [2.24, 2.45) is 5.14 Å². The number of nitrogens with two attached hydrogens (primary N) is 1. The molecular weight excluding hydrogens is 316 g/mol. The Morgan fingerprint density at radius 1 is 1.48 bits per heavy atom. The van der Waals surface area contributed by atoms with Crippen molar-refractivity contribution in [2.75, 3.05) is 11.4 Å². The van der Waals surface area contributed by atoms with Crippen LogP contribution in [-0.2, 0) is 10.0 Å². The summed E-state index contributed by atoms with van der Waals surface area (Å²) in [4.78, 5) is 13.8. The summed E-state index contributed by atoms with van der Waals surface area (Å²) in [7, 11) is -3.94. The highest BCUT2D eigenvalue weighted by atomic mass is 32.2. The Kier molecular flexibility index (Phi) is 5.44. The molecule has 6 nitrogen and oxygen atoms in total. The standard InChI is InChI=1S/C16H24N2O4S/c1-3-15(20)12-6-7-14(16(10-12)23(17,21)22)18-8-4-5-13(18)9-11(2)19/h6-7,10-11,13,19H,3-5,8-9H2,1-2H3,(H2,17,21,22). The lowest BCUT2D eigenvalue weighted by Gasteiger charge is -2.29. The van der Waals surface area contributed by atoms with E-state index in [0.717, 1.165) is 12.8 Å². The van der Waals surface area contributed by atoms with Crippen molar-refractivity contribution < 1.29 is 18.3 Å². The second kappa shape index (κ2) is 6.98. The van der Waals surface area contributed by atoms with E-state index in [1.165, 1.54) is 6.07 Å². The Labute approximate surface area is 137 Å². The quantitative estimate of drug-likeness (QED) is 0.767. The summed E-state index contributed by atoms with van der Waals surface area (Å²) in [6.07, 6.45) is 2.23. The van der Waals surface area contributed by atoms with Crippen LogP contribution < -0.4 is 10.0 Å². The van der Waals surface area contributed by atoms with Crippen LogP contribution in [0.5, 0.6) is 0 Å². The number of benzene rings is 1. The number of carbonyl (C=O) groups is 1. The molecule has 1 fully saturated rings. The molecular formula is C16H24N2O4S. The van der Waals surface area contributed by atoms with Crippen LogP contribution in [0.4, 0.5) is 5.69 Å². The average Bonchev–Trinajstić information content (AvgIpc) is 2.92. The second-order valence-electron chi connectivity index (χ2n) is 6.08. The van der Waals surface area contributed by atoms with Gasteiger partial charge < -0.3 is 10.0 Å². The zero-order valence-corrected chi connectivity index (χ0v) is 14.3. The van der Waals surface area contributed by atoms with Crippen LogP contribution >= 0.6 is 0 Å². The molecule has 1 aliphatic rings. The Bertz CT molecular complexity index is 685. The highest BCUT2D eigenvalue weighted by Gasteiger charge is 2.30. The number of ketones is 1. The highest BCUT2D eigenvalue weighted by molar-refractivity contribution is 7.89. The molecule has 0 amide bonds. The van der Waals surface area contributed by atoms with Crippen LogP contribution in [-0.4, -0.2) is 38.0 Å². The molecule has 0 bridgehead atoms. The Morgan fingerprint density at radius 3 is 2.74 bits per heavy atom.